The molecule has 0 saturated heterocycles. The second kappa shape index (κ2) is 6.38. The van der Waals surface area contributed by atoms with Crippen LogP contribution in [0.5, 0.6) is 0 Å². The molecule has 0 atom stereocenters. The van der Waals surface area contributed by atoms with E-state index in [2.05, 4.69) is 5.32 Å². The highest BCUT2D eigenvalue weighted by Crippen LogP contribution is 2.29. The van der Waals surface area contributed by atoms with E-state index in [1.807, 2.05) is 0 Å². The average Bonchev–Trinajstić information content (AvgIpc) is 2.87. The number of rotatable bonds is 4. The van der Waals surface area contributed by atoms with Crippen LogP contribution in [-0.4, -0.2) is 43.8 Å². The summed E-state index contributed by atoms with van der Waals surface area (Å²) in [6, 6.07) is 10.3. The minimum Gasteiger partial charge on any atom is -0.321 e. The highest BCUT2D eigenvalue weighted by atomic mass is 32.2. The number of imide groups is 1. The van der Waals surface area contributed by atoms with Crippen molar-refractivity contribution in [2.75, 3.05) is 18.1 Å². The summed E-state index contributed by atoms with van der Waals surface area (Å²) in [5.41, 5.74) is 0.699. The van der Waals surface area contributed by atoms with Crippen molar-refractivity contribution in [3.05, 3.63) is 59.2 Å². The molecule has 0 unspecified atom stereocenters. The van der Waals surface area contributed by atoms with Gasteiger partial charge in [-0.2, -0.15) is 0 Å². The summed E-state index contributed by atoms with van der Waals surface area (Å²) in [6.07, 6.45) is 0. The molecule has 2 aromatic carbocycles. The fourth-order valence-corrected chi connectivity index (χ4v) is 3.62. The fraction of sp³-hybridized carbons (Fsp3) is 0.167. The van der Waals surface area contributed by atoms with Crippen LogP contribution in [0.25, 0.3) is 0 Å². The van der Waals surface area contributed by atoms with Crippen molar-refractivity contribution in [2.24, 2.45) is 0 Å². The van der Waals surface area contributed by atoms with Crippen LogP contribution in [0.4, 0.5) is 5.69 Å². The number of carbonyl (C=O) groups excluding carboxylic acids is 3. The molecule has 0 aliphatic carbocycles. The molecule has 3 rings (SSSR count). The number of nitrogens with zero attached hydrogens (tertiary/aromatic N) is 1. The van der Waals surface area contributed by atoms with Crippen molar-refractivity contribution in [3.8, 4) is 0 Å². The molecule has 134 valence electrons. The summed E-state index contributed by atoms with van der Waals surface area (Å²) < 4.78 is 24.0. The Morgan fingerprint density at radius 1 is 1.08 bits per heavy atom. The summed E-state index contributed by atoms with van der Waals surface area (Å²) in [5.74, 6) is -1.57. The van der Waals surface area contributed by atoms with Gasteiger partial charge in [-0.25, -0.2) is 8.42 Å². The molecule has 1 N–H and O–H groups in total. The van der Waals surface area contributed by atoms with Gasteiger partial charge in [-0.3, -0.25) is 19.3 Å². The number of sulfone groups is 1. The first kappa shape index (κ1) is 17.8. The number of benzene rings is 2. The first-order valence-corrected chi connectivity index (χ1v) is 9.51. The molecule has 0 saturated carbocycles. The molecule has 0 bridgehead atoms. The van der Waals surface area contributed by atoms with Crippen LogP contribution in [0, 0.1) is 0 Å². The van der Waals surface area contributed by atoms with Gasteiger partial charge < -0.3 is 5.32 Å². The Hall–Kier alpha value is -3.00. The molecule has 0 aromatic heterocycles. The molecule has 2 aromatic rings. The third-order valence-corrected chi connectivity index (χ3v) is 5.93. The van der Waals surface area contributed by atoms with Gasteiger partial charge in [0.15, 0.2) is 9.84 Å². The molecule has 0 spiro atoms. The average molecular weight is 372 g/mol. The van der Waals surface area contributed by atoms with E-state index in [0.717, 1.165) is 4.90 Å². The van der Waals surface area contributed by atoms with Gasteiger partial charge in [-0.1, -0.05) is 19.1 Å². The van der Waals surface area contributed by atoms with Gasteiger partial charge >= 0.3 is 0 Å². The highest BCUT2D eigenvalue weighted by molar-refractivity contribution is 7.91. The van der Waals surface area contributed by atoms with Crippen LogP contribution >= 0.6 is 0 Å². The minimum absolute atomic E-state index is 0.0527. The lowest BCUT2D eigenvalue weighted by molar-refractivity contribution is 0.0693. The fourth-order valence-electron chi connectivity index (χ4n) is 2.70. The van der Waals surface area contributed by atoms with Crippen LogP contribution in [0.1, 0.15) is 38.0 Å². The SMILES string of the molecule is CCS(=O)(=O)c1cccc(C(=O)Nc2cccc3c2C(=O)N(C)C3=O)c1. The molecule has 8 heteroatoms. The van der Waals surface area contributed by atoms with Crippen LogP contribution < -0.4 is 5.32 Å². The smallest absolute Gasteiger partial charge is 0.263 e. The minimum atomic E-state index is -3.45. The summed E-state index contributed by atoms with van der Waals surface area (Å²) in [7, 11) is -2.08. The number of hydrogen-bond donors (Lipinski definition) is 1. The largest absolute Gasteiger partial charge is 0.321 e. The lowest BCUT2D eigenvalue weighted by Crippen LogP contribution is -2.24. The highest BCUT2D eigenvalue weighted by Gasteiger charge is 2.35. The van der Waals surface area contributed by atoms with E-state index in [0.29, 0.717) is 0 Å². The first-order valence-electron chi connectivity index (χ1n) is 7.86. The van der Waals surface area contributed by atoms with E-state index in [9.17, 15) is 22.8 Å². The monoisotopic (exact) mass is 372 g/mol. The second-order valence-corrected chi connectivity index (χ2v) is 8.06. The predicted octanol–water partition coefficient (Wildman–Crippen LogP) is 1.96. The van der Waals surface area contributed by atoms with E-state index in [4.69, 9.17) is 0 Å². The Morgan fingerprint density at radius 3 is 2.46 bits per heavy atom. The number of carbonyl (C=O) groups is 3. The van der Waals surface area contributed by atoms with E-state index in [1.165, 1.54) is 50.4 Å². The molecular weight excluding hydrogens is 356 g/mol. The predicted molar refractivity (Wildman–Crippen MR) is 95.0 cm³/mol. The van der Waals surface area contributed by atoms with Gasteiger partial charge in [0.1, 0.15) is 0 Å². The lowest BCUT2D eigenvalue weighted by Gasteiger charge is -2.10. The van der Waals surface area contributed by atoms with Gasteiger partial charge in [0.05, 0.1) is 27.5 Å². The zero-order chi connectivity index (χ0) is 19.1. The molecule has 1 aliphatic heterocycles. The van der Waals surface area contributed by atoms with Gasteiger partial charge in [0, 0.05) is 12.6 Å². The molecule has 0 fully saturated rings. The lowest BCUT2D eigenvalue weighted by atomic mass is 10.1. The third kappa shape index (κ3) is 2.88. The van der Waals surface area contributed by atoms with Gasteiger partial charge in [-0.15, -0.1) is 0 Å². The molecule has 3 amide bonds. The molecule has 1 aliphatic rings. The summed E-state index contributed by atoms with van der Waals surface area (Å²) in [5, 5.41) is 2.59. The Morgan fingerprint density at radius 2 is 1.77 bits per heavy atom. The standard InChI is InChI=1S/C18H16N2O5S/c1-3-26(24,25)12-7-4-6-11(10-12)16(21)19-14-9-5-8-13-15(14)18(23)20(2)17(13)22/h4-10H,3H2,1-2H3,(H,19,21). The quantitative estimate of drug-likeness (QED) is 0.827. The second-order valence-electron chi connectivity index (χ2n) is 5.78. The van der Waals surface area contributed by atoms with Crippen molar-refractivity contribution in [1.29, 1.82) is 0 Å². The van der Waals surface area contributed by atoms with Crippen molar-refractivity contribution in [3.63, 3.8) is 0 Å². The molecular formula is C18H16N2O5S. The molecule has 0 radical (unpaired) electrons. The first-order chi connectivity index (χ1) is 12.3. The molecule has 7 nitrogen and oxygen atoms in total. The Bertz CT molecular complexity index is 1040. The molecule has 26 heavy (non-hydrogen) atoms. The van der Waals surface area contributed by atoms with Crippen molar-refractivity contribution < 1.29 is 22.8 Å². The number of fused-ring (bicyclic) bond motifs is 1. The summed E-state index contributed by atoms with van der Waals surface area (Å²) in [4.78, 5) is 37.8. The Balaban J connectivity index is 1.95. The zero-order valence-electron chi connectivity index (χ0n) is 14.1. The summed E-state index contributed by atoms with van der Waals surface area (Å²) in [6.45, 7) is 1.52. The Kier molecular flexibility index (Phi) is 4.37. The maximum Gasteiger partial charge on any atom is 0.263 e. The van der Waals surface area contributed by atoms with E-state index in [-0.39, 0.29) is 33.0 Å². The van der Waals surface area contributed by atoms with Crippen molar-refractivity contribution in [1.82, 2.24) is 4.90 Å². The third-order valence-electron chi connectivity index (χ3n) is 4.20. The van der Waals surface area contributed by atoms with E-state index < -0.39 is 27.6 Å². The van der Waals surface area contributed by atoms with Crippen LogP contribution in [0.15, 0.2) is 47.4 Å². The number of nitrogens with one attached hydrogen (secondary N) is 1. The normalized spacial score (nSPS) is 13.7. The number of hydrogen-bond acceptors (Lipinski definition) is 5. The topological polar surface area (TPSA) is 101 Å². The van der Waals surface area contributed by atoms with E-state index >= 15 is 0 Å². The number of anilines is 1. The van der Waals surface area contributed by atoms with Crippen molar-refractivity contribution >= 4 is 33.2 Å². The summed E-state index contributed by atoms with van der Waals surface area (Å²) >= 11 is 0. The van der Waals surface area contributed by atoms with Gasteiger partial charge in [0.2, 0.25) is 0 Å². The van der Waals surface area contributed by atoms with Gasteiger partial charge in [-0.05, 0) is 30.3 Å². The van der Waals surface area contributed by atoms with Crippen LogP contribution in [0.3, 0.4) is 0 Å². The Labute approximate surface area is 150 Å². The maximum absolute atomic E-state index is 12.5. The maximum atomic E-state index is 12.5. The van der Waals surface area contributed by atoms with E-state index in [1.54, 1.807) is 6.07 Å². The van der Waals surface area contributed by atoms with Crippen LogP contribution in [0.2, 0.25) is 0 Å². The van der Waals surface area contributed by atoms with Crippen LogP contribution in [-0.2, 0) is 9.84 Å². The van der Waals surface area contributed by atoms with Crippen molar-refractivity contribution in [2.45, 2.75) is 11.8 Å². The zero-order valence-corrected chi connectivity index (χ0v) is 15.0. The molecule has 1 heterocycles. The number of amides is 3. The van der Waals surface area contributed by atoms with Gasteiger partial charge in [0.25, 0.3) is 17.7 Å².